The van der Waals surface area contributed by atoms with Gasteiger partial charge in [-0.1, -0.05) is 17.3 Å². The molecule has 0 saturated heterocycles. The minimum atomic E-state index is -0.232. The predicted octanol–water partition coefficient (Wildman–Crippen LogP) is 4.38. The molecule has 2 N–H and O–H groups in total. The molecule has 0 unspecified atom stereocenters. The summed E-state index contributed by atoms with van der Waals surface area (Å²) in [6, 6.07) is 11.7. The number of aromatic nitrogens is 2. The Labute approximate surface area is 205 Å². The first kappa shape index (κ1) is 24.4. The molecule has 182 valence electrons. The van der Waals surface area contributed by atoms with E-state index in [1.165, 1.54) is 16.7 Å². The lowest BCUT2D eigenvalue weighted by Gasteiger charge is -2.30. The highest BCUT2D eigenvalue weighted by Gasteiger charge is 2.22. The third-order valence-corrected chi connectivity index (χ3v) is 6.29. The van der Waals surface area contributed by atoms with Crippen LogP contribution in [0.3, 0.4) is 0 Å². The summed E-state index contributed by atoms with van der Waals surface area (Å²) in [5, 5.41) is 13.7. The van der Waals surface area contributed by atoms with E-state index >= 15 is 0 Å². The van der Waals surface area contributed by atoms with Crippen LogP contribution in [-0.2, 0) is 17.8 Å². The molecule has 1 aliphatic heterocycles. The van der Waals surface area contributed by atoms with Crippen LogP contribution < -0.4 is 10.5 Å². The normalized spacial score (nSPS) is 13.5. The van der Waals surface area contributed by atoms with Gasteiger partial charge in [-0.15, -0.1) is 0 Å². The summed E-state index contributed by atoms with van der Waals surface area (Å²) in [5.41, 5.74) is 11.1. The molecule has 8 nitrogen and oxygen atoms in total. The third kappa shape index (κ3) is 5.69. The molecular formula is C27H31N5O3. The average molecular weight is 474 g/mol. The molecule has 0 spiro atoms. The highest BCUT2D eigenvalue weighted by atomic mass is 16.5. The largest absolute Gasteiger partial charge is 0.490 e. The van der Waals surface area contributed by atoms with Crippen LogP contribution in [0.2, 0.25) is 0 Å². The number of nitriles is 1. The fraction of sp³-hybridized carbons (Fsp3) is 0.407. The number of ether oxygens (including phenoxy) is 1. The molecule has 4 rings (SSSR count). The molecule has 2 aromatic carbocycles. The smallest absolute Gasteiger partial charge is 0.258 e. The summed E-state index contributed by atoms with van der Waals surface area (Å²) < 4.78 is 11.3. The standard InChI is InChI=1S/C27H31N5O3/c1-17(2)34-24-10-8-19(14-21(24)15-28)27-30-26(31-35-27)23-9-7-20-16-32(12-5-4-6-25(29)33)13-11-22(20)18(23)3/h7-10,14,17H,4-6,11-13,16H2,1-3H3,(H2,29,33). The average Bonchev–Trinajstić information content (AvgIpc) is 3.32. The van der Waals surface area contributed by atoms with E-state index in [-0.39, 0.29) is 12.0 Å². The van der Waals surface area contributed by atoms with Crippen LogP contribution in [0.5, 0.6) is 5.75 Å². The van der Waals surface area contributed by atoms with E-state index in [2.05, 4.69) is 40.2 Å². The number of fused-ring (bicyclic) bond motifs is 1. The molecule has 1 aromatic heterocycles. The maximum absolute atomic E-state index is 10.9. The molecule has 8 heteroatoms. The Hall–Kier alpha value is -3.70. The van der Waals surface area contributed by atoms with Crippen LogP contribution in [0, 0.1) is 18.3 Å². The van der Waals surface area contributed by atoms with Gasteiger partial charge >= 0.3 is 0 Å². The second-order valence-corrected chi connectivity index (χ2v) is 9.24. The van der Waals surface area contributed by atoms with Crippen LogP contribution in [0.1, 0.15) is 55.4 Å². The van der Waals surface area contributed by atoms with Crippen LogP contribution in [-0.4, -0.2) is 40.1 Å². The Morgan fingerprint density at radius 1 is 1.29 bits per heavy atom. The molecule has 35 heavy (non-hydrogen) atoms. The molecule has 0 radical (unpaired) electrons. The van der Waals surface area contributed by atoms with Crippen LogP contribution >= 0.6 is 0 Å². The summed E-state index contributed by atoms with van der Waals surface area (Å²) in [6.45, 7) is 8.79. The number of rotatable bonds is 9. The van der Waals surface area contributed by atoms with Crippen molar-refractivity contribution in [3.63, 3.8) is 0 Å². The number of primary amides is 1. The van der Waals surface area contributed by atoms with E-state index in [9.17, 15) is 10.1 Å². The molecule has 0 atom stereocenters. The number of hydrogen-bond donors (Lipinski definition) is 1. The zero-order valence-corrected chi connectivity index (χ0v) is 20.5. The van der Waals surface area contributed by atoms with Crippen LogP contribution in [0.15, 0.2) is 34.9 Å². The minimum absolute atomic E-state index is 0.0242. The molecule has 0 saturated carbocycles. The molecular weight excluding hydrogens is 442 g/mol. The number of carbonyl (C=O) groups is 1. The Balaban J connectivity index is 1.50. The summed E-state index contributed by atoms with van der Waals surface area (Å²) in [7, 11) is 0. The number of unbranched alkanes of at least 4 members (excludes halogenated alkanes) is 1. The lowest BCUT2D eigenvalue weighted by atomic mass is 9.91. The van der Waals surface area contributed by atoms with Crippen molar-refractivity contribution in [3.8, 4) is 34.7 Å². The zero-order chi connectivity index (χ0) is 24.9. The van der Waals surface area contributed by atoms with Crippen molar-refractivity contribution in [2.45, 2.75) is 59.1 Å². The van der Waals surface area contributed by atoms with E-state index in [0.29, 0.717) is 35.0 Å². The topological polar surface area (TPSA) is 118 Å². The second kappa shape index (κ2) is 10.7. The van der Waals surface area contributed by atoms with Gasteiger partial charge in [0.05, 0.1) is 11.7 Å². The van der Waals surface area contributed by atoms with Gasteiger partial charge in [0.2, 0.25) is 11.7 Å². The van der Waals surface area contributed by atoms with E-state index in [0.717, 1.165) is 44.5 Å². The lowest BCUT2D eigenvalue weighted by molar-refractivity contribution is -0.118. The number of nitrogens with zero attached hydrogens (tertiary/aromatic N) is 4. The van der Waals surface area contributed by atoms with Crippen molar-refractivity contribution < 1.29 is 14.1 Å². The summed E-state index contributed by atoms with van der Waals surface area (Å²) in [6.07, 6.45) is 3.19. The third-order valence-electron chi connectivity index (χ3n) is 6.29. The van der Waals surface area contributed by atoms with Gasteiger partial charge in [0, 0.05) is 30.6 Å². The first-order valence-corrected chi connectivity index (χ1v) is 12.0. The van der Waals surface area contributed by atoms with Crippen molar-refractivity contribution in [2.24, 2.45) is 5.73 Å². The minimum Gasteiger partial charge on any atom is -0.490 e. The van der Waals surface area contributed by atoms with Gasteiger partial charge in [0.15, 0.2) is 0 Å². The van der Waals surface area contributed by atoms with Gasteiger partial charge in [0.25, 0.3) is 5.89 Å². The van der Waals surface area contributed by atoms with Crippen molar-refractivity contribution >= 4 is 5.91 Å². The first-order chi connectivity index (χ1) is 16.9. The number of benzene rings is 2. The van der Waals surface area contributed by atoms with E-state index in [1.807, 2.05) is 19.9 Å². The maximum Gasteiger partial charge on any atom is 0.258 e. The monoisotopic (exact) mass is 473 g/mol. The maximum atomic E-state index is 10.9. The number of carbonyl (C=O) groups excluding carboxylic acids is 1. The van der Waals surface area contributed by atoms with Crippen molar-refractivity contribution in [2.75, 3.05) is 13.1 Å². The summed E-state index contributed by atoms with van der Waals surface area (Å²) in [4.78, 5) is 18.0. The van der Waals surface area contributed by atoms with Gasteiger partial charge in [-0.25, -0.2) is 0 Å². The molecule has 3 aromatic rings. The van der Waals surface area contributed by atoms with Gasteiger partial charge < -0.3 is 15.0 Å². The first-order valence-electron chi connectivity index (χ1n) is 12.0. The highest BCUT2D eigenvalue weighted by Crippen LogP contribution is 2.32. The van der Waals surface area contributed by atoms with Crippen molar-refractivity contribution in [3.05, 3.63) is 52.6 Å². The fourth-order valence-corrected chi connectivity index (χ4v) is 4.52. The zero-order valence-electron chi connectivity index (χ0n) is 20.5. The fourth-order valence-electron chi connectivity index (χ4n) is 4.52. The molecule has 1 aliphatic rings. The van der Waals surface area contributed by atoms with Crippen molar-refractivity contribution in [1.82, 2.24) is 15.0 Å². The van der Waals surface area contributed by atoms with E-state index < -0.39 is 0 Å². The molecule has 1 amide bonds. The Morgan fingerprint density at radius 2 is 2.11 bits per heavy atom. The SMILES string of the molecule is Cc1c(-c2noc(-c3ccc(OC(C)C)c(C#N)c3)n2)ccc2c1CCN(CCCCC(N)=O)C2. The lowest BCUT2D eigenvalue weighted by Crippen LogP contribution is -2.32. The van der Waals surface area contributed by atoms with E-state index in [1.54, 1.807) is 12.1 Å². The van der Waals surface area contributed by atoms with Gasteiger partial charge in [-0.05, 0) is 81.5 Å². The van der Waals surface area contributed by atoms with Gasteiger partial charge in [-0.3, -0.25) is 9.69 Å². The van der Waals surface area contributed by atoms with Crippen LogP contribution in [0.4, 0.5) is 0 Å². The Bertz CT molecular complexity index is 1260. The number of nitrogens with two attached hydrogens (primary N) is 1. The number of hydrogen-bond acceptors (Lipinski definition) is 7. The van der Waals surface area contributed by atoms with E-state index in [4.69, 9.17) is 15.0 Å². The van der Waals surface area contributed by atoms with Gasteiger partial charge in [0.1, 0.15) is 11.8 Å². The summed E-state index contributed by atoms with van der Waals surface area (Å²) >= 11 is 0. The molecule has 0 bridgehead atoms. The highest BCUT2D eigenvalue weighted by molar-refractivity contribution is 5.73. The van der Waals surface area contributed by atoms with Gasteiger partial charge in [-0.2, -0.15) is 10.2 Å². The van der Waals surface area contributed by atoms with Crippen molar-refractivity contribution in [1.29, 1.82) is 5.26 Å². The summed E-state index contributed by atoms with van der Waals surface area (Å²) in [5.74, 6) is 1.21. The molecule has 2 heterocycles. The predicted molar refractivity (Wildman–Crippen MR) is 132 cm³/mol. The Morgan fingerprint density at radius 3 is 2.86 bits per heavy atom. The molecule has 0 fully saturated rings. The van der Waals surface area contributed by atoms with Crippen LogP contribution in [0.25, 0.3) is 22.8 Å². The Kier molecular flexibility index (Phi) is 7.47. The number of amides is 1. The quantitative estimate of drug-likeness (QED) is 0.458. The second-order valence-electron chi connectivity index (χ2n) is 9.24. The molecule has 0 aliphatic carbocycles.